The van der Waals surface area contributed by atoms with Crippen LogP contribution in [0.4, 0.5) is 0 Å². The zero-order valence-electron chi connectivity index (χ0n) is 12.8. The molecule has 0 saturated carbocycles. The third-order valence-corrected chi connectivity index (χ3v) is 4.75. The molecule has 0 heterocycles. The summed E-state index contributed by atoms with van der Waals surface area (Å²) in [7, 11) is 0. The summed E-state index contributed by atoms with van der Waals surface area (Å²) in [6, 6.07) is 0. The number of esters is 2. The summed E-state index contributed by atoms with van der Waals surface area (Å²) >= 11 is 3.26. The first-order valence-electron chi connectivity index (χ1n) is 6.88. The molecule has 0 spiro atoms. The van der Waals surface area contributed by atoms with Crippen molar-refractivity contribution in [3.8, 4) is 0 Å². The molecule has 0 radical (unpaired) electrons. The van der Waals surface area contributed by atoms with E-state index in [4.69, 9.17) is 9.47 Å². The van der Waals surface area contributed by atoms with Crippen molar-refractivity contribution in [3.63, 3.8) is 0 Å². The highest BCUT2D eigenvalue weighted by Gasteiger charge is 2.07. The summed E-state index contributed by atoms with van der Waals surface area (Å²) in [6.45, 7) is 8.20. The molecule has 118 valence electrons. The molecule has 0 fully saturated rings. The van der Waals surface area contributed by atoms with Crippen LogP contribution in [0.25, 0.3) is 0 Å². The Hall–Kier alpha value is -0.360. The summed E-state index contributed by atoms with van der Waals surface area (Å²) in [4.78, 5) is 22.6. The first-order valence-corrected chi connectivity index (χ1v) is 9.19. The van der Waals surface area contributed by atoms with Gasteiger partial charge in [0.25, 0.3) is 0 Å². The van der Waals surface area contributed by atoms with Gasteiger partial charge >= 0.3 is 11.9 Å². The lowest BCUT2D eigenvalue weighted by atomic mass is 10.3. The molecule has 4 nitrogen and oxygen atoms in total. The fraction of sp³-hybridized carbons (Fsp3) is 0.857. The van der Waals surface area contributed by atoms with Crippen molar-refractivity contribution in [2.75, 3.05) is 29.8 Å². The zero-order chi connectivity index (χ0) is 15.4. The zero-order valence-corrected chi connectivity index (χ0v) is 14.5. The molecule has 0 aromatic heterocycles. The predicted molar refractivity (Wildman–Crippen MR) is 86.0 cm³/mol. The van der Waals surface area contributed by atoms with E-state index in [1.807, 2.05) is 0 Å². The van der Waals surface area contributed by atoms with Crippen molar-refractivity contribution in [1.29, 1.82) is 0 Å². The second-order valence-corrected chi connectivity index (χ2v) is 7.46. The fourth-order valence-corrected chi connectivity index (χ4v) is 2.92. The summed E-state index contributed by atoms with van der Waals surface area (Å²) in [5.41, 5.74) is 0. The SMILES string of the molecule is CC(C)CSCCC(=O)OCOC(=O)CSCC(C)C. The van der Waals surface area contributed by atoms with E-state index in [-0.39, 0.29) is 18.7 Å². The number of thioether (sulfide) groups is 2. The van der Waals surface area contributed by atoms with E-state index >= 15 is 0 Å². The van der Waals surface area contributed by atoms with E-state index in [0.717, 1.165) is 17.3 Å². The molecule has 20 heavy (non-hydrogen) atoms. The molecule has 0 bridgehead atoms. The van der Waals surface area contributed by atoms with Crippen LogP contribution in [0.5, 0.6) is 0 Å². The van der Waals surface area contributed by atoms with Crippen molar-refractivity contribution in [2.45, 2.75) is 34.1 Å². The summed E-state index contributed by atoms with van der Waals surface area (Å²) in [5.74, 6) is 3.53. The lowest BCUT2D eigenvalue weighted by Crippen LogP contribution is -2.15. The third kappa shape index (κ3) is 14.1. The molecule has 0 aromatic rings. The number of ether oxygens (including phenoxy) is 2. The van der Waals surface area contributed by atoms with Gasteiger partial charge in [0.2, 0.25) is 6.79 Å². The lowest BCUT2D eigenvalue weighted by molar-refractivity contribution is -0.165. The molecule has 6 heteroatoms. The average molecular weight is 322 g/mol. The fourth-order valence-electron chi connectivity index (χ4n) is 1.13. The van der Waals surface area contributed by atoms with Gasteiger partial charge in [0, 0.05) is 5.75 Å². The Morgan fingerprint density at radius 2 is 1.45 bits per heavy atom. The van der Waals surface area contributed by atoms with E-state index in [0.29, 0.717) is 24.0 Å². The Balaban J connectivity index is 3.44. The van der Waals surface area contributed by atoms with Crippen molar-refractivity contribution < 1.29 is 19.1 Å². The Kier molecular flexibility index (Phi) is 12.2. The van der Waals surface area contributed by atoms with Gasteiger partial charge in [-0.1, -0.05) is 27.7 Å². The van der Waals surface area contributed by atoms with Crippen LogP contribution >= 0.6 is 23.5 Å². The van der Waals surface area contributed by atoms with Gasteiger partial charge in [-0.2, -0.15) is 11.8 Å². The summed E-state index contributed by atoms with van der Waals surface area (Å²) in [5, 5.41) is 0. The minimum atomic E-state index is -0.336. The first-order chi connectivity index (χ1) is 9.41. The normalized spacial score (nSPS) is 10.9. The minimum Gasteiger partial charge on any atom is -0.428 e. The molecule has 0 aliphatic carbocycles. The van der Waals surface area contributed by atoms with Crippen LogP contribution in [-0.2, 0) is 19.1 Å². The van der Waals surface area contributed by atoms with Crippen LogP contribution in [-0.4, -0.2) is 41.7 Å². The van der Waals surface area contributed by atoms with Crippen molar-refractivity contribution in [3.05, 3.63) is 0 Å². The average Bonchev–Trinajstić information content (AvgIpc) is 2.34. The molecule has 0 N–H and O–H groups in total. The van der Waals surface area contributed by atoms with Gasteiger partial charge in [-0.25, -0.2) is 0 Å². The highest BCUT2D eigenvalue weighted by Crippen LogP contribution is 2.09. The molecular weight excluding hydrogens is 296 g/mol. The highest BCUT2D eigenvalue weighted by molar-refractivity contribution is 8.00. The molecule has 0 amide bonds. The number of hydrogen-bond donors (Lipinski definition) is 0. The van der Waals surface area contributed by atoms with Gasteiger partial charge in [0.15, 0.2) is 0 Å². The Bertz CT molecular complexity index is 280. The Labute approximate surface area is 130 Å². The van der Waals surface area contributed by atoms with Crippen LogP contribution in [0, 0.1) is 11.8 Å². The Morgan fingerprint density at radius 1 is 0.900 bits per heavy atom. The van der Waals surface area contributed by atoms with Gasteiger partial charge in [0.1, 0.15) is 0 Å². The van der Waals surface area contributed by atoms with Gasteiger partial charge in [-0.05, 0) is 23.3 Å². The predicted octanol–water partition coefficient (Wildman–Crippen LogP) is 3.20. The molecule has 0 rings (SSSR count). The van der Waals surface area contributed by atoms with Crippen molar-refractivity contribution in [1.82, 2.24) is 0 Å². The number of hydrogen-bond acceptors (Lipinski definition) is 6. The van der Waals surface area contributed by atoms with Gasteiger partial charge in [-0.15, -0.1) is 11.8 Å². The smallest absolute Gasteiger partial charge is 0.318 e. The molecule has 0 aliphatic rings. The monoisotopic (exact) mass is 322 g/mol. The summed E-state index contributed by atoms with van der Waals surface area (Å²) < 4.78 is 9.67. The molecule has 0 atom stereocenters. The van der Waals surface area contributed by atoms with Crippen LogP contribution in [0.2, 0.25) is 0 Å². The van der Waals surface area contributed by atoms with Crippen LogP contribution < -0.4 is 0 Å². The van der Waals surface area contributed by atoms with Gasteiger partial charge in [-0.3, -0.25) is 9.59 Å². The van der Waals surface area contributed by atoms with Crippen LogP contribution in [0.15, 0.2) is 0 Å². The van der Waals surface area contributed by atoms with E-state index in [1.54, 1.807) is 11.8 Å². The van der Waals surface area contributed by atoms with E-state index in [1.165, 1.54) is 11.8 Å². The molecule has 0 unspecified atom stereocenters. The Morgan fingerprint density at radius 3 is 2.05 bits per heavy atom. The maximum atomic E-state index is 11.3. The summed E-state index contributed by atoms with van der Waals surface area (Å²) in [6.07, 6.45) is 0.358. The maximum absolute atomic E-state index is 11.3. The molecular formula is C14H26O4S2. The van der Waals surface area contributed by atoms with E-state index in [9.17, 15) is 9.59 Å². The van der Waals surface area contributed by atoms with Crippen molar-refractivity contribution >= 4 is 35.5 Å². The minimum absolute atomic E-state index is 0.269. The maximum Gasteiger partial charge on any atom is 0.318 e. The quantitative estimate of drug-likeness (QED) is 0.331. The third-order valence-electron chi connectivity index (χ3n) is 2.01. The lowest BCUT2D eigenvalue weighted by Gasteiger charge is -2.07. The largest absolute Gasteiger partial charge is 0.428 e. The number of rotatable bonds is 11. The van der Waals surface area contributed by atoms with Gasteiger partial charge in [0.05, 0.1) is 12.2 Å². The molecule has 0 aliphatic heterocycles. The van der Waals surface area contributed by atoms with Crippen LogP contribution in [0.3, 0.4) is 0 Å². The van der Waals surface area contributed by atoms with Crippen molar-refractivity contribution in [2.24, 2.45) is 11.8 Å². The number of carbonyl (C=O) groups is 2. The molecule has 0 aromatic carbocycles. The standard InChI is InChI=1S/C14H26O4S2/c1-11(2)7-19-6-5-13(15)17-10-18-14(16)9-20-8-12(3)4/h11-12H,5-10H2,1-4H3. The van der Waals surface area contributed by atoms with Gasteiger partial charge < -0.3 is 9.47 Å². The topological polar surface area (TPSA) is 52.6 Å². The van der Waals surface area contributed by atoms with Crippen LogP contribution in [0.1, 0.15) is 34.1 Å². The highest BCUT2D eigenvalue weighted by atomic mass is 32.2. The first kappa shape index (κ1) is 19.6. The second kappa shape index (κ2) is 12.4. The second-order valence-electron chi connectivity index (χ2n) is 5.28. The van der Waals surface area contributed by atoms with E-state index in [2.05, 4.69) is 27.7 Å². The molecule has 0 saturated heterocycles. The van der Waals surface area contributed by atoms with E-state index < -0.39 is 0 Å². The number of carbonyl (C=O) groups excluding carboxylic acids is 2.